The lowest BCUT2D eigenvalue weighted by Crippen LogP contribution is -2.61. The van der Waals surface area contributed by atoms with Crippen LogP contribution in [0.4, 0.5) is 13.2 Å². The van der Waals surface area contributed by atoms with Gasteiger partial charge in [0, 0.05) is 25.2 Å². The Morgan fingerprint density at radius 3 is 2.29 bits per heavy atom. The fourth-order valence-corrected chi connectivity index (χ4v) is 1.73. The van der Waals surface area contributed by atoms with E-state index in [0.717, 1.165) is 0 Å². The Hall–Kier alpha value is -0.290. The minimum Gasteiger partial charge on any atom is -0.301 e. The van der Waals surface area contributed by atoms with Crippen LogP contribution in [0.3, 0.4) is 0 Å². The second-order valence-electron chi connectivity index (χ2n) is 4.21. The zero-order valence-electron chi connectivity index (χ0n) is 8.73. The van der Waals surface area contributed by atoms with E-state index in [-0.39, 0.29) is 18.6 Å². The molecule has 0 aliphatic carbocycles. The lowest BCUT2D eigenvalue weighted by atomic mass is 10.1. The third-order valence-electron chi connectivity index (χ3n) is 2.54. The molecule has 2 nitrogen and oxygen atoms in total. The molecule has 0 aromatic rings. The summed E-state index contributed by atoms with van der Waals surface area (Å²) in [5, 5.41) is 2.57. The highest BCUT2D eigenvalue weighted by Gasteiger charge is 2.43. The largest absolute Gasteiger partial charge is 0.405 e. The molecule has 0 bridgehead atoms. The second-order valence-corrected chi connectivity index (χ2v) is 4.21. The third kappa shape index (κ3) is 2.85. The Bertz CT molecular complexity index is 191. The van der Waals surface area contributed by atoms with E-state index >= 15 is 0 Å². The molecule has 0 spiro atoms. The molecule has 14 heavy (non-hydrogen) atoms. The number of alkyl halides is 3. The lowest BCUT2D eigenvalue weighted by Gasteiger charge is -2.40. The molecule has 0 radical (unpaired) electrons. The van der Waals surface area contributed by atoms with Crippen LogP contribution >= 0.6 is 0 Å². The van der Waals surface area contributed by atoms with Crippen molar-refractivity contribution in [2.45, 2.75) is 45.1 Å². The first-order valence-electron chi connectivity index (χ1n) is 4.87. The van der Waals surface area contributed by atoms with Crippen molar-refractivity contribution in [2.24, 2.45) is 0 Å². The molecule has 1 N–H and O–H groups in total. The predicted octanol–water partition coefficient (Wildman–Crippen LogP) is 1.62. The van der Waals surface area contributed by atoms with Gasteiger partial charge in [-0.3, -0.25) is 4.90 Å². The minimum absolute atomic E-state index is 0.0610. The maximum atomic E-state index is 12.5. The number of nitrogens with one attached hydrogen (secondary N) is 1. The first kappa shape index (κ1) is 11.8. The number of hydrogen-bond donors (Lipinski definition) is 1. The molecule has 1 aliphatic heterocycles. The third-order valence-corrected chi connectivity index (χ3v) is 2.54. The second kappa shape index (κ2) is 4.06. The molecule has 1 saturated heterocycles. The fourth-order valence-electron chi connectivity index (χ4n) is 1.73. The van der Waals surface area contributed by atoms with Gasteiger partial charge in [-0.25, -0.2) is 0 Å². The van der Waals surface area contributed by atoms with Gasteiger partial charge >= 0.3 is 6.18 Å². The van der Waals surface area contributed by atoms with E-state index in [1.165, 1.54) is 0 Å². The van der Waals surface area contributed by atoms with Crippen LogP contribution in [-0.2, 0) is 0 Å². The number of piperazine rings is 1. The summed E-state index contributed by atoms with van der Waals surface area (Å²) >= 11 is 0. The predicted molar refractivity (Wildman–Crippen MR) is 49.1 cm³/mol. The average molecular weight is 210 g/mol. The number of halogens is 3. The van der Waals surface area contributed by atoms with Crippen molar-refractivity contribution in [3.05, 3.63) is 0 Å². The summed E-state index contributed by atoms with van der Waals surface area (Å²) in [5.41, 5.74) is 0. The van der Waals surface area contributed by atoms with Crippen molar-refractivity contribution >= 4 is 0 Å². The van der Waals surface area contributed by atoms with Gasteiger partial charge in [0.2, 0.25) is 0 Å². The SMILES string of the molecule is CC1CN(C(C)C)CC(C(F)(F)F)N1. The van der Waals surface area contributed by atoms with Crippen molar-refractivity contribution in [3.8, 4) is 0 Å². The van der Waals surface area contributed by atoms with Crippen LogP contribution in [0.25, 0.3) is 0 Å². The summed E-state index contributed by atoms with van der Waals surface area (Å²) in [5.74, 6) is 0. The van der Waals surface area contributed by atoms with E-state index in [1.54, 1.807) is 6.92 Å². The molecule has 2 atom stereocenters. The van der Waals surface area contributed by atoms with Crippen LogP contribution in [0.5, 0.6) is 0 Å². The van der Waals surface area contributed by atoms with Crippen molar-refractivity contribution in [1.29, 1.82) is 0 Å². The Balaban J connectivity index is 2.63. The van der Waals surface area contributed by atoms with Gasteiger partial charge in [0.15, 0.2) is 0 Å². The van der Waals surface area contributed by atoms with Gasteiger partial charge in [0.05, 0.1) is 0 Å². The quantitative estimate of drug-likeness (QED) is 0.707. The molecule has 1 fully saturated rings. The summed E-state index contributed by atoms with van der Waals surface area (Å²) in [6, 6.07) is -1.31. The normalized spacial score (nSPS) is 31.1. The van der Waals surface area contributed by atoms with Crippen LogP contribution in [0.1, 0.15) is 20.8 Å². The molecule has 0 amide bonds. The van der Waals surface area contributed by atoms with E-state index in [1.807, 2.05) is 18.7 Å². The molecular formula is C9H17F3N2. The van der Waals surface area contributed by atoms with Crippen LogP contribution < -0.4 is 5.32 Å². The van der Waals surface area contributed by atoms with Crippen molar-refractivity contribution in [1.82, 2.24) is 10.2 Å². The van der Waals surface area contributed by atoms with Gasteiger partial charge in [-0.1, -0.05) is 0 Å². The molecule has 2 unspecified atom stereocenters. The van der Waals surface area contributed by atoms with Crippen molar-refractivity contribution < 1.29 is 13.2 Å². The van der Waals surface area contributed by atoms with Gasteiger partial charge in [-0.2, -0.15) is 13.2 Å². The molecule has 1 heterocycles. The topological polar surface area (TPSA) is 15.3 Å². The van der Waals surface area contributed by atoms with Gasteiger partial charge in [0.1, 0.15) is 6.04 Å². The Morgan fingerprint density at radius 1 is 1.29 bits per heavy atom. The first-order chi connectivity index (χ1) is 6.30. The molecule has 0 saturated carbocycles. The highest BCUT2D eigenvalue weighted by Crippen LogP contribution is 2.24. The summed E-state index contributed by atoms with van der Waals surface area (Å²) in [6.45, 7) is 6.37. The molecular weight excluding hydrogens is 193 g/mol. The molecule has 0 aromatic carbocycles. The molecule has 1 aliphatic rings. The summed E-state index contributed by atoms with van der Waals surface area (Å²) < 4.78 is 37.4. The number of nitrogens with zero attached hydrogens (tertiary/aromatic N) is 1. The maximum absolute atomic E-state index is 12.5. The number of hydrogen-bond acceptors (Lipinski definition) is 2. The molecule has 1 rings (SSSR count). The number of rotatable bonds is 1. The van der Waals surface area contributed by atoms with Crippen LogP contribution in [0, 0.1) is 0 Å². The summed E-state index contributed by atoms with van der Waals surface area (Å²) in [4.78, 5) is 1.86. The standard InChI is InChI=1S/C9H17F3N2/c1-6(2)14-4-7(3)13-8(5-14)9(10,11)12/h6-8,13H,4-5H2,1-3H3. The lowest BCUT2D eigenvalue weighted by molar-refractivity contribution is -0.169. The Morgan fingerprint density at radius 2 is 1.86 bits per heavy atom. The van der Waals surface area contributed by atoms with Gasteiger partial charge < -0.3 is 5.32 Å². The molecule has 0 aromatic heterocycles. The van der Waals surface area contributed by atoms with Crippen molar-refractivity contribution in [3.63, 3.8) is 0 Å². The fraction of sp³-hybridized carbons (Fsp3) is 1.00. The highest BCUT2D eigenvalue weighted by atomic mass is 19.4. The van der Waals surface area contributed by atoms with Gasteiger partial charge in [0.25, 0.3) is 0 Å². The zero-order chi connectivity index (χ0) is 10.9. The van der Waals surface area contributed by atoms with E-state index in [9.17, 15) is 13.2 Å². The van der Waals surface area contributed by atoms with Crippen LogP contribution in [0.2, 0.25) is 0 Å². The molecule has 5 heteroatoms. The summed E-state index contributed by atoms with van der Waals surface area (Å²) in [7, 11) is 0. The van der Waals surface area contributed by atoms with Crippen LogP contribution in [-0.4, -0.2) is 42.3 Å². The van der Waals surface area contributed by atoms with Gasteiger partial charge in [-0.05, 0) is 20.8 Å². The average Bonchev–Trinajstić information content (AvgIpc) is 2.01. The zero-order valence-corrected chi connectivity index (χ0v) is 8.73. The van der Waals surface area contributed by atoms with E-state index in [4.69, 9.17) is 0 Å². The Kier molecular flexibility index (Phi) is 3.42. The highest BCUT2D eigenvalue weighted by molar-refractivity contribution is 4.89. The van der Waals surface area contributed by atoms with E-state index in [0.29, 0.717) is 6.54 Å². The Labute approximate surface area is 82.5 Å². The maximum Gasteiger partial charge on any atom is 0.405 e. The van der Waals surface area contributed by atoms with Crippen LogP contribution in [0.15, 0.2) is 0 Å². The minimum atomic E-state index is -4.14. The monoisotopic (exact) mass is 210 g/mol. The summed E-state index contributed by atoms with van der Waals surface area (Å²) in [6.07, 6.45) is -4.14. The van der Waals surface area contributed by atoms with Crippen molar-refractivity contribution in [2.75, 3.05) is 13.1 Å². The smallest absolute Gasteiger partial charge is 0.301 e. The first-order valence-corrected chi connectivity index (χ1v) is 4.87. The van der Waals surface area contributed by atoms with E-state index < -0.39 is 12.2 Å². The van der Waals surface area contributed by atoms with E-state index in [2.05, 4.69) is 5.32 Å². The molecule has 84 valence electrons. The van der Waals surface area contributed by atoms with Gasteiger partial charge in [-0.15, -0.1) is 0 Å².